The van der Waals surface area contributed by atoms with Crippen LogP contribution >= 0.6 is 0 Å². The molecule has 7 heteroatoms. The highest BCUT2D eigenvalue weighted by Crippen LogP contribution is 2.27. The van der Waals surface area contributed by atoms with Gasteiger partial charge in [-0.15, -0.1) is 0 Å². The molecule has 1 fully saturated rings. The Morgan fingerprint density at radius 2 is 1.96 bits per heavy atom. The lowest BCUT2D eigenvalue weighted by molar-refractivity contribution is -0.121. The van der Waals surface area contributed by atoms with Crippen molar-refractivity contribution in [3.05, 3.63) is 29.3 Å². The Balaban J connectivity index is 2.22. The average molecular weight is 382 g/mol. The van der Waals surface area contributed by atoms with Crippen LogP contribution in [0.15, 0.2) is 23.1 Å². The van der Waals surface area contributed by atoms with Crippen molar-refractivity contribution in [3.8, 4) is 0 Å². The third kappa shape index (κ3) is 4.84. The third-order valence-corrected chi connectivity index (χ3v) is 6.97. The first-order chi connectivity index (χ1) is 12.4. The Morgan fingerprint density at radius 3 is 2.62 bits per heavy atom. The number of hydrogen-bond donors (Lipinski definition) is 2. The number of hydrogen-bond acceptors (Lipinski definition) is 4. The molecule has 1 aromatic carbocycles. The number of piperidine rings is 1. The van der Waals surface area contributed by atoms with Gasteiger partial charge in [0.25, 0.3) is 0 Å². The summed E-state index contributed by atoms with van der Waals surface area (Å²) in [6, 6.07) is 5.25. The molecule has 6 nitrogen and oxygen atoms in total. The van der Waals surface area contributed by atoms with E-state index >= 15 is 0 Å². The smallest absolute Gasteiger partial charge is 0.243 e. The number of rotatable bonds is 8. The number of aryl methyl sites for hydroxylation is 2. The first kappa shape index (κ1) is 20.9. The number of nitrogens with one attached hydrogen (secondary N) is 1. The second-order valence-corrected chi connectivity index (χ2v) is 8.64. The summed E-state index contributed by atoms with van der Waals surface area (Å²) in [5.74, 6) is -0.129. The lowest BCUT2D eigenvalue weighted by Gasteiger charge is -2.35. The van der Waals surface area contributed by atoms with Gasteiger partial charge in [0.15, 0.2) is 0 Å². The van der Waals surface area contributed by atoms with Gasteiger partial charge in [-0.3, -0.25) is 4.79 Å². The van der Waals surface area contributed by atoms with Crippen LogP contribution < -0.4 is 11.1 Å². The summed E-state index contributed by atoms with van der Waals surface area (Å²) in [7, 11) is -3.57. The molecule has 146 valence electrons. The fourth-order valence-corrected chi connectivity index (χ4v) is 5.26. The van der Waals surface area contributed by atoms with E-state index in [-0.39, 0.29) is 18.4 Å². The van der Waals surface area contributed by atoms with Crippen LogP contribution in [0.3, 0.4) is 0 Å². The van der Waals surface area contributed by atoms with Gasteiger partial charge in [0.1, 0.15) is 0 Å². The lowest BCUT2D eigenvalue weighted by Crippen LogP contribution is -2.49. The molecule has 1 aliphatic heterocycles. The highest BCUT2D eigenvalue weighted by molar-refractivity contribution is 7.89. The van der Waals surface area contributed by atoms with Gasteiger partial charge in [0.05, 0.1) is 4.90 Å². The SMILES string of the molecule is CCc1ccc(S(=O)(=O)N2CCCCC2CNC(=O)CCN)cc1CC. The maximum atomic E-state index is 13.2. The molecule has 2 rings (SSSR count). The van der Waals surface area contributed by atoms with Crippen LogP contribution in [0, 0.1) is 0 Å². The van der Waals surface area contributed by atoms with Crippen LogP contribution in [0.25, 0.3) is 0 Å². The van der Waals surface area contributed by atoms with Crippen LogP contribution in [0.1, 0.15) is 50.7 Å². The molecule has 0 saturated carbocycles. The number of nitrogens with two attached hydrogens (primary N) is 1. The van der Waals surface area contributed by atoms with Gasteiger partial charge in [0.2, 0.25) is 15.9 Å². The fraction of sp³-hybridized carbons (Fsp3) is 0.632. The molecular formula is C19H31N3O3S. The van der Waals surface area contributed by atoms with Crippen molar-refractivity contribution in [2.45, 2.75) is 63.3 Å². The molecule has 1 unspecified atom stereocenters. The van der Waals surface area contributed by atoms with Crippen molar-refractivity contribution in [3.63, 3.8) is 0 Å². The van der Waals surface area contributed by atoms with E-state index in [0.717, 1.165) is 37.7 Å². The zero-order valence-electron chi connectivity index (χ0n) is 15.8. The van der Waals surface area contributed by atoms with Crippen LogP contribution in [0.5, 0.6) is 0 Å². The number of carbonyl (C=O) groups is 1. The number of carbonyl (C=O) groups excluding carboxylic acids is 1. The van der Waals surface area contributed by atoms with Gasteiger partial charge in [-0.2, -0.15) is 4.31 Å². The van der Waals surface area contributed by atoms with Gasteiger partial charge in [-0.1, -0.05) is 26.3 Å². The normalized spacial score (nSPS) is 18.7. The molecule has 26 heavy (non-hydrogen) atoms. The highest BCUT2D eigenvalue weighted by Gasteiger charge is 2.33. The molecule has 1 aromatic rings. The molecule has 0 aliphatic carbocycles. The van der Waals surface area contributed by atoms with Crippen molar-refractivity contribution >= 4 is 15.9 Å². The molecule has 1 aliphatic rings. The average Bonchev–Trinajstić information content (AvgIpc) is 2.66. The second-order valence-electron chi connectivity index (χ2n) is 6.75. The van der Waals surface area contributed by atoms with Crippen molar-refractivity contribution < 1.29 is 13.2 Å². The second kappa shape index (κ2) is 9.48. The Bertz CT molecular complexity index is 719. The molecule has 1 saturated heterocycles. The maximum absolute atomic E-state index is 13.2. The van der Waals surface area contributed by atoms with E-state index < -0.39 is 10.0 Å². The summed E-state index contributed by atoms with van der Waals surface area (Å²) in [4.78, 5) is 12.1. The first-order valence-corrected chi connectivity index (χ1v) is 11.0. The number of sulfonamides is 1. The Hall–Kier alpha value is -1.44. The van der Waals surface area contributed by atoms with Crippen molar-refractivity contribution in [1.82, 2.24) is 9.62 Å². The summed E-state index contributed by atoms with van der Waals surface area (Å²) >= 11 is 0. The van der Waals surface area contributed by atoms with E-state index in [1.54, 1.807) is 10.4 Å². The minimum Gasteiger partial charge on any atom is -0.354 e. The van der Waals surface area contributed by atoms with Gasteiger partial charge in [0, 0.05) is 32.1 Å². The topological polar surface area (TPSA) is 92.5 Å². The summed E-state index contributed by atoms with van der Waals surface area (Å²) in [5, 5.41) is 2.82. The quantitative estimate of drug-likeness (QED) is 0.718. The van der Waals surface area contributed by atoms with E-state index in [2.05, 4.69) is 12.2 Å². The molecule has 1 amide bonds. The van der Waals surface area contributed by atoms with Gasteiger partial charge in [-0.05, 0) is 48.9 Å². The number of amides is 1. The minimum atomic E-state index is -3.57. The summed E-state index contributed by atoms with van der Waals surface area (Å²) < 4.78 is 28.0. The molecule has 0 radical (unpaired) electrons. The van der Waals surface area contributed by atoms with Gasteiger partial charge >= 0.3 is 0 Å². The lowest BCUT2D eigenvalue weighted by atomic mass is 10.0. The van der Waals surface area contributed by atoms with E-state index in [9.17, 15) is 13.2 Å². The molecular weight excluding hydrogens is 350 g/mol. The predicted octanol–water partition coefficient (Wildman–Crippen LogP) is 1.82. The minimum absolute atomic E-state index is 0.129. The Labute approximate surface area is 157 Å². The molecule has 3 N–H and O–H groups in total. The van der Waals surface area contributed by atoms with Crippen molar-refractivity contribution in [2.24, 2.45) is 5.73 Å². The number of benzene rings is 1. The molecule has 0 spiro atoms. The number of nitrogens with zero attached hydrogens (tertiary/aromatic N) is 1. The zero-order chi connectivity index (χ0) is 19.2. The molecule has 0 bridgehead atoms. The maximum Gasteiger partial charge on any atom is 0.243 e. The van der Waals surface area contributed by atoms with Crippen LogP contribution in [0.4, 0.5) is 0 Å². The summed E-state index contributed by atoms with van der Waals surface area (Å²) in [6.07, 6.45) is 4.54. The predicted molar refractivity (Wildman–Crippen MR) is 103 cm³/mol. The first-order valence-electron chi connectivity index (χ1n) is 9.54. The van der Waals surface area contributed by atoms with E-state index in [1.807, 2.05) is 19.1 Å². The third-order valence-electron chi connectivity index (χ3n) is 5.03. The van der Waals surface area contributed by atoms with Gasteiger partial charge < -0.3 is 11.1 Å². The highest BCUT2D eigenvalue weighted by atomic mass is 32.2. The van der Waals surface area contributed by atoms with Crippen LogP contribution in [-0.2, 0) is 27.7 Å². The van der Waals surface area contributed by atoms with Gasteiger partial charge in [-0.25, -0.2) is 8.42 Å². The monoisotopic (exact) mass is 381 g/mol. The molecule has 1 heterocycles. The van der Waals surface area contributed by atoms with Crippen LogP contribution in [-0.4, -0.2) is 44.3 Å². The molecule has 0 aromatic heterocycles. The van der Waals surface area contributed by atoms with E-state index in [1.165, 1.54) is 5.56 Å². The Morgan fingerprint density at radius 1 is 1.23 bits per heavy atom. The van der Waals surface area contributed by atoms with Crippen LogP contribution in [0.2, 0.25) is 0 Å². The molecule has 1 atom stereocenters. The standard InChI is InChI=1S/C19H31N3O3S/c1-3-15-8-9-18(13-16(15)4-2)26(24,25)22-12-6-5-7-17(22)14-21-19(23)10-11-20/h8-9,13,17H,3-7,10-12,14,20H2,1-2H3,(H,21,23). The summed E-state index contributed by atoms with van der Waals surface area (Å²) in [5.41, 5.74) is 7.67. The largest absolute Gasteiger partial charge is 0.354 e. The zero-order valence-corrected chi connectivity index (χ0v) is 16.6. The van der Waals surface area contributed by atoms with E-state index in [0.29, 0.717) is 24.5 Å². The van der Waals surface area contributed by atoms with Crippen molar-refractivity contribution in [1.29, 1.82) is 0 Å². The summed E-state index contributed by atoms with van der Waals surface area (Å²) in [6.45, 7) is 5.25. The van der Waals surface area contributed by atoms with E-state index in [4.69, 9.17) is 5.73 Å². The Kier molecular flexibility index (Phi) is 7.61. The fourth-order valence-electron chi connectivity index (χ4n) is 3.52. The van der Waals surface area contributed by atoms with Crippen molar-refractivity contribution in [2.75, 3.05) is 19.6 Å².